The van der Waals surface area contributed by atoms with Crippen molar-refractivity contribution in [3.63, 3.8) is 0 Å². The lowest BCUT2D eigenvalue weighted by Gasteiger charge is -2.34. The van der Waals surface area contributed by atoms with Gasteiger partial charge in [0, 0.05) is 17.2 Å². The Labute approximate surface area is 172 Å². The van der Waals surface area contributed by atoms with Gasteiger partial charge in [0.2, 0.25) is 0 Å². The second-order valence-electron chi connectivity index (χ2n) is 9.57. The first kappa shape index (κ1) is 19.9. The van der Waals surface area contributed by atoms with E-state index in [1.807, 2.05) is 6.92 Å². The summed E-state index contributed by atoms with van der Waals surface area (Å²) in [5.74, 6) is 1.91. The standard InChI is InChI=1S/C21H33N5OS/c1-14-22-25-19(26(14)16-8-6-5-7-9-16)28-13-18(27)24-23-17-12-15-10-11-21(17,4)20(15,2)3/h15-16H,5-13H2,1-4H3,(H,24,27)/b23-17-. The fourth-order valence-corrected chi connectivity index (χ4v) is 6.44. The van der Waals surface area contributed by atoms with Gasteiger partial charge < -0.3 is 4.57 Å². The molecule has 0 radical (unpaired) electrons. The molecule has 3 aliphatic carbocycles. The van der Waals surface area contributed by atoms with Gasteiger partial charge in [0.15, 0.2) is 5.16 Å². The van der Waals surface area contributed by atoms with Crippen LogP contribution in [-0.4, -0.2) is 32.1 Å². The van der Waals surface area contributed by atoms with Gasteiger partial charge in [0.05, 0.1) is 5.75 Å². The molecule has 1 N–H and O–H groups in total. The lowest BCUT2D eigenvalue weighted by molar-refractivity contribution is -0.118. The van der Waals surface area contributed by atoms with Crippen molar-refractivity contribution in [2.75, 3.05) is 5.75 Å². The predicted molar refractivity (Wildman–Crippen MR) is 112 cm³/mol. The third-order valence-electron chi connectivity index (χ3n) is 7.93. The molecule has 1 heterocycles. The molecule has 0 spiro atoms. The van der Waals surface area contributed by atoms with E-state index in [-0.39, 0.29) is 16.7 Å². The van der Waals surface area contributed by atoms with Crippen molar-refractivity contribution in [3.8, 4) is 0 Å². The summed E-state index contributed by atoms with van der Waals surface area (Å²) in [6, 6.07) is 0.478. The third kappa shape index (κ3) is 3.29. The van der Waals surface area contributed by atoms with E-state index >= 15 is 0 Å². The van der Waals surface area contributed by atoms with Crippen LogP contribution in [-0.2, 0) is 4.79 Å². The molecule has 3 saturated carbocycles. The van der Waals surface area contributed by atoms with Crippen LogP contribution in [0.15, 0.2) is 10.3 Å². The average molecular weight is 404 g/mol. The molecule has 2 bridgehead atoms. The van der Waals surface area contributed by atoms with Crippen LogP contribution in [0.25, 0.3) is 0 Å². The zero-order valence-corrected chi connectivity index (χ0v) is 18.4. The van der Waals surface area contributed by atoms with E-state index in [9.17, 15) is 4.79 Å². The van der Waals surface area contributed by atoms with Crippen LogP contribution in [0.2, 0.25) is 0 Å². The summed E-state index contributed by atoms with van der Waals surface area (Å²) in [7, 11) is 0. The number of carbonyl (C=O) groups excluding carboxylic acids is 1. The zero-order valence-electron chi connectivity index (χ0n) is 17.6. The first-order valence-corrected chi connectivity index (χ1v) is 11.7. The fraction of sp³-hybridized carbons (Fsp3) is 0.810. The lowest BCUT2D eigenvalue weighted by Crippen LogP contribution is -2.34. The largest absolute Gasteiger partial charge is 0.303 e. The summed E-state index contributed by atoms with van der Waals surface area (Å²) in [5, 5.41) is 14.0. The van der Waals surface area contributed by atoms with Crippen molar-refractivity contribution in [1.82, 2.24) is 20.2 Å². The van der Waals surface area contributed by atoms with Gasteiger partial charge in [-0.05, 0) is 50.4 Å². The van der Waals surface area contributed by atoms with E-state index in [0.717, 1.165) is 17.4 Å². The molecule has 1 amide bonds. The summed E-state index contributed by atoms with van der Waals surface area (Å²) in [4.78, 5) is 12.4. The number of aromatic nitrogens is 3. The second kappa shape index (κ2) is 7.47. The van der Waals surface area contributed by atoms with Crippen molar-refractivity contribution < 1.29 is 4.79 Å². The summed E-state index contributed by atoms with van der Waals surface area (Å²) >= 11 is 1.47. The van der Waals surface area contributed by atoms with Crippen LogP contribution in [0.3, 0.4) is 0 Å². The second-order valence-corrected chi connectivity index (χ2v) is 10.5. The number of fused-ring (bicyclic) bond motifs is 2. The summed E-state index contributed by atoms with van der Waals surface area (Å²) in [6.45, 7) is 9.03. The minimum atomic E-state index is -0.0578. The molecule has 1 aromatic heterocycles. The number of nitrogens with zero attached hydrogens (tertiary/aromatic N) is 4. The van der Waals surface area contributed by atoms with Crippen LogP contribution in [0.1, 0.15) is 84.0 Å². The number of hydrogen-bond donors (Lipinski definition) is 1. The summed E-state index contributed by atoms with van der Waals surface area (Å²) in [5.41, 5.74) is 4.39. The monoisotopic (exact) mass is 403 g/mol. The highest BCUT2D eigenvalue weighted by atomic mass is 32.2. The number of hydrogen-bond acceptors (Lipinski definition) is 5. The maximum Gasteiger partial charge on any atom is 0.250 e. The Kier molecular flexibility index (Phi) is 5.31. The molecule has 6 nitrogen and oxygen atoms in total. The van der Waals surface area contributed by atoms with Gasteiger partial charge in [-0.15, -0.1) is 10.2 Å². The number of hydrazone groups is 1. The summed E-state index contributed by atoms with van der Waals surface area (Å²) < 4.78 is 2.24. The Morgan fingerprint density at radius 3 is 2.61 bits per heavy atom. The van der Waals surface area contributed by atoms with Crippen molar-refractivity contribution in [2.24, 2.45) is 21.8 Å². The van der Waals surface area contributed by atoms with Crippen molar-refractivity contribution in [3.05, 3.63) is 5.82 Å². The number of amides is 1. The van der Waals surface area contributed by atoms with Crippen molar-refractivity contribution in [1.29, 1.82) is 0 Å². The maximum atomic E-state index is 12.4. The molecule has 0 aromatic carbocycles. The molecule has 0 aliphatic heterocycles. The Hall–Kier alpha value is -1.37. The molecule has 4 rings (SSSR count). The summed E-state index contributed by atoms with van der Waals surface area (Å²) in [6.07, 6.45) is 9.69. The highest BCUT2D eigenvalue weighted by Gasteiger charge is 2.60. The van der Waals surface area contributed by atoms with Crippen LogP contribution < -0.4 is 5.43 Å². The predicted octanol–water partition coefficient (Wildman–Crippen LogP) is 4.50. The van der Waals surface area contributed by atoms with Gasteiger partial charge >= 0.3 is 0 Å². The molecule has 2 unspecified atom stereocenters. The molecular formula is C21H33N5OS. The highest BCUT2D eigenvalue weighted by molar-refractivity contribution is 7.99. The van der Waals surface area contributed by atoms with Crippen LogP contribution in [0.5, 0.6) is 0 Å². The van der Waals surface area contributed by atoms with Crippen LogP contribution >= 0.6 is 11.8 Å². The minimum absolute atomic E-state index is 0.0578. The van der Waals surface area contributed by atoms with Gasteiger partial charge in [-0.25, -0.2) is 5.43 Å². The Morgan fingerprint density at radius 2 is 1.96 bits per heavy atom. The van der Waals surface area contributed by atoms with E-state index in [2.05, 4.69) is 46.1 Å². The molecule has 0 saturated heterocycles. The number of carbonyl (C=O) groups is 1. The molecule has 3 fully saturated rings. The van der Waals surface area contributed by atoms with Crippen molar-refractivity contribution >= 4 is 23.4 Å². The number of aryl methyl sites for hydroxylation is 1. The Bertz CT molecular complexity index is 780. The first-order chi connectivity index (χ1) is 13.3. The lowest BCUT2D eigenvalue weighted by atomic mass is 9.70. The van der Waals surface area contributed by atoms with E-state index in [1.165, 1.54) is 62.4 Å². The van der Waals surface area contributed by atoms with E-state index in [0.29, 0.717) is 17.7 Å². The van der Waals surface area contributed by atoms with Gasteiger partial charge in [-0.2, -0.15) is 5.10 Å². The quantitative estimate of drug-likeness (QED) is 0.580. The fourth-order valence-electron chi connectivity index (χ4n) is 5.60. The van der Waals surface area contributed by atoms with Crippen LogP contribution in [0, 0.1) is 23.7 Å². The van der Waals surface area contributed by atoms with Crippen LogP contribution in [0.4, 0.5) is 0 Å². The number of thioether (sulfide) groups is 1. The Balaban J connectivity index is 1.36. The highest BCUT2D eigenvalue weighted by Crippen LogP contribution is 2.63. The molecule has 7 heteroatoms. The van der Waals surface area contributed by atoms with Crippen molar-refractivity contribution in [2.45, 2.75) is 90.3 Å². The molecule has 3 aliphatic rings. The molecular weight excluding hydrogens is 370 g/mol. The van der Waals surface area contributed by atoms with E-state index in [4.69, 9.17) is 0 Å². The van der Waals surface area contributed by atoms with Gasteiger partial charge in [0.25, 0.3) is 5.91 Å². The van der Waals surface area contributed by atoms with Gasteiger partial charge in [-0.3, -0.25) is 4.79 Å². The minimum Gasteiger partial charge on any atom is -0.303 e. The number of rotatable bonds is 5. The van der Waals surface area contributed by atoms with E-state index in [1.54, 1.807) is 0 Å². The smallest absolute Gasteiger partial charge is 0.250 e. The number of nitrogens with one attached hydrogen (secondary N) is 1. The third-order valence-corrected chi connectivity index (χ3v) is 8.88. The SMILES string of the molecule is Cc1nnc(SCC(=O)N/N=C2/CC3CCC2(C)C3(C)C)n1C1CCCCC1. The molecule has 28 heavy (non-hydrogen) atoms. The van der Waals surface area contributed by atoms with E-state index < -0.39 is 0 Å². The normalized spacial score (nSPS) is 30.9. The zero-order chi connectivity index (χ0) is 19.9. The first-order valence-electron chi connectivity index (χ1n) is 10.7. The molecule has 2 atom stereocenters. The topological polar surface area (TPSA) is 72.2 Å². The van der Waals surface area contributed by atoms with Gasteiger partial charge in [0.1, 0.15) is 5.82 Å². The maximum absolute atomic E-state index is 12.4. The average Bonchev–Trinajstić information content (AvgIpc) is 3.22. The van der Waals surface area contributed by atoms with Gasteiger partial charge in [-0.1, -0.05) is 51.8 Å². The Morgan fingerprint density at radius 1 is 1.21 bits per heavy atom. The molecule has 1 aromatic rings. The molecule has 154 valence electrons.